The molecule has 2 amide bonds. The van der Waals surface area contributed by atoms with Crippen molar-refractivity contribution in [1.29, 1.82) is 0 Å². The second-order valence-corrected chi connectivity index (χ2v) is 7.20. The van der Waals surface area contributed by atoms with E-state index in [1.165, 1.54) is 5.06 Å². The van der Waals surface area contributed by atoms with Crippen LogP contribution in [0.4, 0.5) is 4.79 Å². The predicted molar refractivity (Wildman–Crippen MR) is 118 cm³/mol. The Kier molecular flexibility index (Phi) is 11.3. The molecule has 0 heterocycles. The van der Waals surface area contributed by atoms with Gasteiger partial charge in [0.1, 0.15) is 13.2 Å². The van der Waals surface area contributed by atoms with Crippen LogP contribution in [0.25, 0.3) is 0 Å². The van der Waals surface area contributed by atoms with Crippen molar-refractivity contribution in [3.05, 3.63) is 71.8 Å². The largest absolute Gasteiger partial charge is 0.481 e. The van der Waals surface area contributed by atoms with E-state index in [0.29, 0.717) is 19.5 Å². The minimum absolute atomic E-state index is 0.112. The molecule has 2 N–H and O–H groups in total. The molecular formula is C24H30N2O6. The maximum atomic E-state index is 12.3. The Hall–Kier alpha value is -3.39. The number of carboxylic acids is 1. The highest BCUT2D eigenvalue weighted by Crippen LogP contribution is 2.08. The second-order valence-electron chi connectivity index (χ2n) is 7.20. The molecule has 0 saturated carbocycles. The van der Waals surface area contributed by atoms with E-state index in [0.717, 1.165) is 24.0 Å². The van der Waals surface area contributed by atoms with Crippen LogP contribution in [0.5, 0.6) is 0 Å². The molecule has 0 bridgehead atoms. The Labute approximate surface area is 188 Å². The van der Waals surface area contributed by atoms with Crippen molar-refractivity contribution in [2.75, 3.05) is 13.1 Å². The zero-order valence-electron chi connectivity index (χ0n) is 18.1. The Morgan fingerprint density at radius 1 is 0.812 bits per heavy atom. The Balaban J connectivity index is 1.65. The standard InChI is InChI=1S/C24H30N2O6/c27-22(14-15-23(28)29)26(32-19-21-12-6-2-7-13-21)17-9-3-8-16-25-24(30)31-18-20-10-4-1-5-11-20/h1-2,4-7,10-13H,3,8-9,14-19H2,(H,25,30)(H,28,29). The van der Waals surface area contributed by atoms with Gasteiger partial charge in [0.05, 0.1) is 6.42 Å². The molecule has 172 valence electrons. The van der Waals surface area contributed by atoms with Crippen molar-refractivity contribution in [1.82, 2.24) is 10.4 Å². The summed E-state index contributed by atoms with van der Waals surface area (Å²) < 4.78 is 5.15. The number of alkyl carbamates (subject to hydrolysis) is 1. The zero-order valence-corrected chi connectivity index (χ0v) is 18.1. The molecular weight excluding hydrogens is 412 g/mol. The van der Waals surface area contributed by atoms with Crippen LogP contribution < -0.4 is 5.32 Å². The third-order valence-electron chi connectivity index (χ3n) is 4.58. The first-order valence-corrected chi connectivity index (χ1v) is 10.7. The molecule has 0 saturated heterocycles. The van der Waals surface area contributed by atoms with Crippen molar-refractivity contribution in [2.45, 2.75) is 45.3 Å². The van der Waals surface area contributed by atoms with E-state index < -0.39 is 12.1 Å². The van der Waals surface area contributed by atoms with Gasteiger partial charge in [-0.2, -0.15) is 0 Å². The molecule has 0 unspecified atom stereocenters. The molecule has 0 aliphatic heterocycles. The lowest BCUT2D eigenvalue weighted by Crippen LogP contribution is -2.32. The van der Waals surface area contributed by atoms with E-state index in [1.807, 2.05) is 60.7 Å². The number of hydrogen-bond acceptors (Lipinski definition) is 5. The minimum Gasteiger partial charge on any atom is -0.481 e. The van der Waals surface area contributed by atoms with Crippen molar-refractivity contribution in [3.63, 3.8) is 0 Å². The van der Waals surface area contributed by atoms with Gasteiger partial charge in [0.2, 0.25) is 5.91 Å². The summed E-state index contributed by atoms with van der Waals surface area (Å²) in [5.74, 6) is -1.38. The van der Waals surface area contributed by atoms with E-state index in [-0.39, 0.29) is 32.0 Å². The van der Waals surface area contributed by atoms with Crippen LogP contribution in [0.2, 0.25) is 0 Å². The van der Waals surface area contributed by atoms with E-state index >= 15 is 0 Å². The molecule has 0 aliphatic rings. The molecule has 2 rings (SSSR count). The van der Waals surface area contributed by atoms with Crippen molar-refractivity contribution in [2.24, 2.45) is 0 Å². The van der Waals surface area contributed by atoms with E-state index in [4.69, 9.17) is 14.7 Å². The smallest absolute Gasteiger partial charge is 0.407 e. The normalized spacial score (nSPS) is 10.4. The van der Waals surface area contributed by atoms with Crippen LogP contribution in [-0.2, 0) is 32.4 Å². The summed E-state index contributed by atoms with van der Waals surface area (Å²) in [6.07, 6.45) is 1.32. The van der Waals surface area contributed by atoms with Crippen LogP contribution in [0, 0.1) is 0 Å². The van der Waals surface area contributed by atoms with Crippen LogP contribution >= 0.6 is 0 Å². The fourth-order valence-corrected chi connectivity index (χ4v) is 2.85. The van der Waals surface area contributed by atoms with Gasteiger partial charge in [0.25, 0.3) is 0 Å². The Morgan fingerprint density at radius 3 is 2.06 bits per heavy atom. The van der Waals surface area contributed by atoms with Gasteiger partial charge in [-0.25, -0.2) is 9.86 Å². The van der Waals surface area contributed by atoms with Gasteiger partial charge in [-0.1, -0.05) is 60.7 Å². The highest BCUT2D eigenvalue weighted by atomic mass is 16.7. The zero-order chi connectivity index (χ0) is 23.0. The van der Waals surface area contributed by atoms with Crippen molar-refractivity contribution < 1.29 is 29.1 Å². The number of aliphatic carboxylic acids is 1. The molecule has 32 heavy (non-hydrogen) atoms. The minimum atomic E-state index is -1.02. The summed E-state index contributed by atoms with van der Waals surface area (Å²) in [6.45, 7) is 1.27. The number of ether oxygens (including phenoxy) is 1. The molecule has 2 aromatic carbocycles. The molecule has 2 aromatic rings. The molecule has 8 nitrogen and oxygen atoms in total. The fraction of sp³-hybridized carbons (Fsp3) is 0.375. The van der Waals surface area contributed by atoms with Crippen molar-refractivity contribution >= 4 is 18.0 Å². The Bertz CT molecular complexity index is 829. The molecule has 0 atom stereocenters. The van der Waals surface area contributed by atoms with E-state index in [9.17, 15) is 14.4 Å². The van der Waals surface area contributed by atoms with E-state index in [2.05, 4.69) is 5.32 Å². The number of unbranched alkanes of at least 4 members (excludes halogenated alkanes) is 2. The molecule has 8 heteroatoms. The van der Waals surface area contributed by atoms with Gasteiger partial charge in [-0.3, -0.25) is 14.4 Å². The van der Waals surface area contributed by atoms with Crippen LogP contribution in [-0.4, -0.2) is 41.2 Å². The summed E-state index contributed by atoms with van der Waals surface area (Å²) in [5.41, 5.74) is 1.84. The SMILES string of the molecule is O=C(O)CCC(=O)N(CCCCCNC(=O)OCc1ccccc1)OCc1ccccc1. The van der Waals surface area contributed by atoms with Crippen LogP contribution in [0.3, 0.4) is 0 Å². The highest BCUT2D eigenvalue weighted by molar-refractivity contribution is 5.79. The number of hydroxylamine groups is 2. The van der Waals surface area contributed by atoms with Gasteiger partial charge >= 0.3 is 12.1 Å². The first-order chi connectivity index (χ1) is 15.5. The lowest BCUT2D eigenvalue weighted by molar-refractivity contribution is -0.192. The van der Waals surface area contributed by atoms with Crippen LogP contribution in [0.15, 0.2) is 60.7 Å². The average molecular weight is 443 g/mol. The van der Waals surface area contributed by atoms with Gasteiger partial charge in [0.15, 0.2) is 0 Å². The molecule has 0 aromatic heterocycles. The second kappa shape index (κ2) is 14.6. The topological polar surface area (TPSA) is 105 Å². The van der Waals surface area contributed by atoms with E-state index in [1.54, 1.807) is 0 Å². The lowest BCUT2D eigenvalue weighted by Gasteiger charge is -2.22. The molecule has 0 fully saturated rings. The highest BCUT2D eigenvalue weighted by Gasteiger charge is 2.16. The summed E-state index contributed by atoms with van der Waals surface area (Å²) in [5, 5.41) is 12.8. The van der Waals surface area contributed by atoms with Gasteiger partial charge in [0, 0.05) is 19.5 Å². The monoisotopic (exact) mass is 442 g/mol. The lowest BCUT2D eigenvalue weighted by atomic mass is 10.2. The quantitative estimate of drug-likeness (QED) is 0.340. The first kappa shape index (κ1) is 24.9. The number of rotatable bonds is 14. The molecule has 0 spiro atoms. The number of nitrogens with one attached hydrogen (secondary N) is 1. The number of hydrogen-bond donors (Lipinski definition) is 2. The van der Waals surface area contributed by atoms with Crippen LogP contribution in [0.1, 0.15) is 43.2 Å². The third-order valence-corrected chi connectivity index (χ3v) is 4.58. The number of carbonyl (C=O) groups is 3. The number of benzene rings is 2. The fourth-order valence-electron chi connectivity index (χ4n) is 2.85. The van der Waals surface area contributed by atoms with Gasteiger partial charge < -0.3 is 15.2 Å². The number of amides is 2. The number of nitrogens with zero attached hydrogens (tertiary/aromatic N) is 1. The maximum Gasteiger partial charge on any atom is 0.407 e. The maximum absolute atomic E-state index is 12.3. The summed E-state index contributed by atoms with van der Waals surface area (Å²) in [6, 6.07) is 18.9. The summed E-state index contributed by atoms with van der Waals surface area (Å²) >= 11 is 0. The number of carboxylic acid groups (broad SMARTS) is 1. The predicted octanol–water partition coefficient (Wildman–Crippen LogP) is 3.91. The summed E-state index contributed by atoms with van der Waals surface area (Å²) in [4.78, 5) is 40.5. The first-order valence-electron chi connectivity index (χ1n) is 10.7. The van der Waals surface area contributed by atoms with Gasteiger partial charge in [-0.15, -0.1) is 0 Å². The molecule has 0 aliphatic carbocycles. The van der Waals surface area contributed by atoms with Gasteiger partial charge in [-0.05, 0) is 30.4 Å². The Morgan fingerprint density at radius 2 is 1.44 bits per heavy atom. The average Bonchev–Trinajstić information content (AvgIpc) is 2.81. The number of carbonyl (C=O) groups excluding carboxylic acids is 2. The third kappa shape index (κ3) is 10.6. The molecule has 0 radical (unpaired) electrons. The summed E-state index contributed by atoms with van der Waals surface area (Å²) in [7, 11) is 0. The van der Waals surface area contributed by atoms with Crippen molar-refractivity contribution in [3.8, 4) is 0 Å².